The van der Waals surface area contributed by atoms with Gasteiger partial charge in [0.25, 0.3) is 0 Å². The molecule has 5 rings (SSSR count). The van der Waals surface area contributed by atoms with Crippen LogP contribution in [0.5, 0.6) is 0 Å². The van der Waals surface area contributed by atoms with Crippen molar-refractivity contribution in [3.05, 3.63) is 102 Å². The number of aromatic nitrogens is 4. The Hall–Kier alpha value is -4.19. The second-order valence-electron chi connectivity index (χ2n) is 8.64. The summed E-state index contributed by atoms with van der Waals surface area (Å²) < 4.78 is 3.75. The van der Waals surface area contributed by atoms with Gasteiger partial charge >= 0.3 is 0 Å². The maximum Gasteiger partial charge on any atom is 0.242 e. The molecule has 1 unspecified atom stereocenters. The molecular weight excluding hydrogens is 422 g/mol. The molecule has 3 aromatic heterocycles. The van der Waals surface area contributed by atoms with Crippen molar-refractivity contribution >= 4 is 16.9 Å². The van der Waals surface area contributed by atoms with Gasteiger partial charge in [-0.3, -0.25) is 4.79 Å². The molecule has 6 nitrogen and oxygen atoms in total. The predicted molar refractivity (Wildman–Crippen MR) is 135 cm³/mol. The van der Waals surface area contributed by atoms with E-state index in [1.54, 1.807) is 10.9 Å². The largest absolute Gasteiger partial charge is 0.348 e. The van der Waals surface area contributed by atoms with E-state index in [4.69, 9.17) is 0 Å². The van der Waals surface area contributed by atoms with Crippen molar-refractivity contribution < 1.29 is 4.79 Å². The van der Waals surface area contributed by atoms with Gasteiger partial charge in [-0.05, 0) is 67.8 Å². The van der Waals surface area contributed by atoms with Gasteiger partial charge in [0.2, 0.25) is 5.91 Å². The molecule has 0 fully saturated rings. The number of hydrogen-bond donors (Lipinski definition) is 1. The minimum atomic E-state index is -0.120. The highest BCUT2D eigenvalue weighted by Crippen LogP contribution is 2.30. The fourth-order valence-electron chi connectivity index (χ4n) is 4.39. The topological polar surface area (TPSA) is 64.7 Å². The molecule has 3 heterocycles. The van der Waals surface area contributed by atoms with E-state index in [1.807, 2.05) is 56.6 Å². The second kappa shape index (κ2) is 8.98. The van der Waals surface area contributed by atoms with Crippen LogP contribution in [0.25, 0.3) is 27.8 Å². The quantitative estimate of drug-likeness (QED) is 0.378. The number of benzene rings is 2. The number of carbonyl (C=O) groups is 1. The molecule has 34 heavy (non-hydrogen) atoms. The summed E-state index contributed by atoms with van der Waals surface area (Å²) in [7, 11) is 0. The highest BCUT2D eigenvalue weighted by molar-refractivity contribution is 5.95. The average Bonchev–Trinajstić information content (AvgIpc) is 3.48. The maximum absolute atomic E-state index is 12.9. The number of aryl methyl sites for hydroxylation is 2. The molecule has 0 spiro atoms. The molecule has 0 saturated carbocycles. The van der Waals surface area contributed by atoms with Crippen molar-refractivity contribution in [1.29, 1.82) is 0 Å². The van der Waals surface area contributed by atoms with Crippen LogP contribution < -0.4 is 5.32 Å². The minimum absolute atomic E-state index is 0.103. The Morgan fingerprint density at radius 1 is 1.00 bits per heavy atom. The van der Waals surface area contributed by atoms with Crippen molar-refractivity contribution in [3.63, 3.8) is 0 Å². The van der Waals surface area contributed by atoms with Crippen LogP contribution in [0, 0.1) is 13.8 Å². The third kappa shape index (κ3) is 4.22. The van der Waals surface area contributed by atoms with E-state index in [1.165, 1.54) is 5.56 Å². The molecule has 0 radical (unpaired) electrons. The van der Waals surface area contributed by atoms with Crippen LogP contribution in [0.15, 0.2) is 85.3 Å². The monoisotopic (exact) mass is 449 g/mol. The average molecular weight is 450 g/mol. The van der Waals surface area contributed by atoms with E-state index in [-0.39, 0.29) is 18.5 Å². The predicted octanol–water partition coefficient (Wildman–Crippen LogP) is 5.38. The lowest BCUT2D eigenvalue weighted by Gasteiger charge is -2.15. The first kappa shape index (κ1) is 21.6. The molecule has 1 amide bonds. The number of nitrogens with one attached hydrogen (secondary N) is 1. The van der Waals surface area contributed by atoms with Crippen LogP contribution in [-0.4, -0.2) is 25.2 Å². The Balaban J connectivity index is 1.34. The molecular formula is C28H27N5O. The zero-order chi connectivity index (χ0) is 23.7. The van der Waals surface area contributed by atoms with Crippen LogP contribution in [-0.2, 0) is 11.3 Å². The smallest absolute Gasteiger partial charge is 0.242 e. The van der Waals surface area contributed by atoms with E-state index >= 15 is 0 Å². The summed E-state index contributed by atoms with van der Waals surface area (Å²) in [5.74, 6) is -0.103. The summed E-state index contributed by atoms with van der Waals surface area (Å²) in [6.45, 7) is 6.15. The van der Waals surface area contributed by atoms with Gasteiger partial charge in [0.05, 0.1) is 11.7 Å². The Labute approximate surface area is 198 Å². The van der Waals surface area contributed by atoms with E-state index < -0.39 is 0 Å². The molecule has 0 aliphatic heterocycles. The molecule has 0 saturated heterocycles. The van der Waals surface area contributed by atoms with Crippen molar-refractivity contribution in [2.24, 2.45) is 0 Å². The lowest BCUT2D eigenvalue weighted by Crippen LogP contribution is -2.30. The van der Waals surface area contributed by atoms with Gasteiger partial charge in [-0.2, -0.15) is 5.10 Å². The molecule has 0 aliphatic rings. The van der Waals surface area contributed by atoms with Gasteiger partial charge in [-0.25, -0.2) is 9.67 Å². The Morgan fingerprint density at radius 3 is 2.50 bits per heavy atom. The van der Waals surface area contributed by atoms with Crippen LogP contribution in [0.2, 0.25) is 0 Å². The summed E-state index contributed by atoms with van der Waals surface area (Å²) in [5.41, 5.74) is 7.11. The Morgan fingerprint density at radius 2 is 1.76 bits per heavy atom. The van der Waals surface area contributed by atoms with Gasteiger partial charge in [0.1, 0.15) is 6.54 Å². The summed E-state index contributed by atoms with van der Waals surface area (Å²) in [6, 6.07) is 22.5. The fraction of sp³-hybridized carbons (Fsp3) is 0.179. The van der Waals surface area contributed by atoms with Crippen LogP contribution in [0.3, 0.4) is 0 Å². The number of hydrogen-bond acceptors (Lipinski definition) is 3. The molecule has 6 heteroatoms. The van der Waals surface area contributed by atoms with Gasteiger partial charge < -0.3 is 9.88 Å². The number of rotatable bonds is 6. The molecule has 1 atom stereocenters. The van der Waals surface area contributed by atoms with E-state index in [9.17, 15) is 4.79 Å². The molecule has 170 valence electrons. The Kier molecular flexibility index (Phi) is 5.72. The number of nitrogens with zero attached hydrogens (tertiary/aromatic N) is 4. The van der Waals surface area contributed by atoms with Crippen LogP contribution >= 0.6 is 0 Å². The summed E-state index contributed by atoms with van der Waals surface area (Å²) in [4.78, 5) is 17.5. The van der Waals surface area contributed by atoms with Gasteiger partial charge in [0, 0.05) is 29.7 Å². The number of pyridine rings is 1. The third-order valence-electron chi connectivity index (χ3n) is 6.10. The van der Waals surface area contributed by atoms with Crippen molar-refractivity contribution in [1.82, 2.24) is 24.6 Å². The first-order valence-corrected chi connectivity index (χ1v) is 11.4. The molecule has 5 aromatic rings. The van der Waals surface area contributed by atoms with Gasteiger partial charge in [0.15, 0.2) is 5.65 Å². The van der Waals surface area contributed by atoms with E-state index in [0.717, 1.165) is 39.1 Å². The normalized spacial score (nSPS) is 12.1. The SMILES string of the molecule is Cc1cccc(-c2ccnc3c2c(C)nn3CC(=O)NC(C)c2ccc(-n3cccc3)cc2)c1. The standard InChI is InChI=1S/C28H27N5O/c1-19-7-6-8-23(17-19)25-13-14-29-28-27(25)21(3)31-33(28)18-26(34)30-20(2)22-9-11-24(12-10-22)32-15-4-5-16-32/h4-17,20H,18H2,1-3H3,(H,30,34). The molecule has 1 N–H and O–H groups in total. The fourth-order valence-corrected chi connectivity index (χ4v) is 4.39. The van der Waals surface area contributed by atoms with Gasteiger partial charge in [-0.1, -0.05) is 42.0 Å². The zero-order valence-electron chi connectivity index (χ0n) is 19.6. The Bertz CT molecular complexity index is 1450. The van der Waals surface area contributed by atoms with E-state index in [2.05, 4.69) is 63.3 Å². The summed E-state index contributed by atoms with van der Waals surface area (Å²) in [6.07, 6.45) is 5.80. The number of amides is 1. The second-order valence-corrected chi connectivity index (χ2v) is 8.64. The number of carbonyl (C=O) groups excluding carboxylic acids is 1. The van der Waals surface area contributed by atoms with Crippen molar-refractivity contribution in [3.8, 4) is 16.8 Å². The minimum Gasteiger partial charge on any atom is -0.348 e. The van der Waals surface area contributed by atoms with Crippen LogP contribution in [0.4, 0.5) is 0 Å². The molecule has 0 bridgehead atoms. The first-order chi connectivity index (χ1) is 16.5. The lowest BCUT2D eigenvalue weighted by molar-refractivity contribution is -0.122. The van der Waals surface area contributed by atoms with Crippen LogP contribution in [0.1, 0.15) is 29.8 Å². The lowest BCUT2D eigenvalue weighted by atomic mass is 10.0. The summed E-state index contributed by atoms with van der Waals surface area (Å²) in [5, 5.41) is 8.72. The van der Waals surface area contributed by atoms with Crippen molar-refractivity contribution in [2.75, 3.05) is 0 Å². The summed E-state index contributed by atoms with van der Waals surface area (Å²) >= 11 is 0. The maximum atomic E-state index is 12.9. The number of fused-ring (bicyclic) bond motifs is 1. The third-order valence-corrected chi connectivity index (χ3v) is 6.10. The first-order valence-electron chi connectivity index (χ1n) is 11.4. The van der Waals surface area contributed by atoms with E-state index in [0.29, 0.717) is 0 Å². The molecule has 0 aliphatic carbocycles. The molecule has 2 aromatic carbocycles. The highest BCUT2D eigenvalue weighted by Gasteiger charge is 2.17. The van der Waals surface area contributed by atoms with Crippen molar-refractivity contribution in [2.45, 2.75) is 33.4 Å². The highest BCUT2D eigenvalue weighted by atomic mass is 16.2. The zero-order valence-corrected chi connectivity index (χ0v) is 19.6. The van der Waals surface area contributed by atoms with Gasteiger partial charge in [-0.15, -0.1) is 0 Å².